The van der Waals surface area contributed by atoms with E-state index in [1.165, 1.54) is 11.9 Å². The maximum absolute atomic E-state index is 13.1. The average Bonchev–Trinajstić information content (AvgIpc) is 2.68. The highest BCUT2D eigenvalue weighted by Crippen LogP contribution is 2.25. The Hall–Kier alpha value is -2.67. The lowest BCUT2D eigenvalue weighted by Crippen LogP contribution is -2.51. The lowest BCUT2D eigenvalue weighted by atomic mass is 9.82. The van der Waals surface area contributed by atoms with E-state index in [4.69, 9.17) is 0 Å². The second-order valence-electron chi connectivity index (χ2n) is 8.37. The quantitative estimate of drug-likeness (QED) is 0.401. The standard InChI is InChI=1S/C23H35N3O4/c1-16(2)14-21(22(28)24-26(18(5)27)15-17(3)4)20(23(29)25-30)13-9-12-19-10-7-6-8-11-19/h6-12,16-17,20-21,30H,13-15H2,1-5H3,(H,24,28)(H,25,29)/t20-,21+/m0/s1. The van der Waals surface area contributed by atoms with E-state index in [-0.39, 0.29) is 24.2 Å². The molecule has 3 amide bonds. The molecule has 0 unspecified atom stereocenters. The summed E-state index contributed by atoms with van der Waals surface area (Å²) in [4.78, 5) is 37.4. The third kappa shape index (κ3) is 8.78. The molecule has 0 saturated carbocycles. The monoisotopic (exact) mass is 417 g/mol. The maximum atomic E-state index is 13.1. The van der Waals surface area contributed by atoms with Crippen LogP contribution in [0.25, 0.3) is 6.08 Å². The first-order chi connectivity index (χ1) is 14.1. The van der Waals surface area contributed by atoms with Crippen LogP contribution in [0.2, 0.25) is 0 Å². The van der Waals surface area contributed by atoms with Crippen LogP contribution in [0.15, 0.2) is 36.4 Å². The molecule has 3 N–H and O–H groups in total. The number of hydrogen-bond acceptors (Lipinski definition) is 4. The Bertz CT molecular complexity index is 716. The first-order valence-electron chi connectivity index (χ1n) is 10.4. The zero-order valence-electron chi connectivity index (χ0n) is 18.6. The molecule has 1 aromatic rings. The zero-order valence-corrected chi connectivity index (χ0v) is 18.6. The van der Waals surface area contributed by atoms with Crippen molar-refractivity contribution in [2.24, 2.45) is 23.7 Å². The van der Waals surface area contributed by atoms with E-state index in [0.717, 1.165) is 5.56 Å². The van der Waals surface area contributed by atoms with Crippen molar-refractivity contribution in [3.8, 4) is 0 Å². The fourth-order valence-corrected chi connectivity index (χ4v) is 3.25. The van der Waals surface area contributed by atoms with E-state index in [0.29, 0.717) is 13.0 Å². The molecule has 0 aliphatic carbocycles. The van der Waals surface area contributed by atoms with Gasteiger partial charge in [0.1, 0.15) is 0 Å². The van der Waals surface area contributed by atoms with Gasteiger partial charge in [-0.3, -0.25) is 30.0 Å². The smallest absolute Gasteiger partial charge is 0.247 e. The van der Waals surface area contributed by atoms with Gasteiger partial charge in [0.2, 0.25) is 17.7 Å². The minimum absolute atomic E-state index is 0.142. The lowest BCUT2D eigenvalue weighted by molar-refractivity contribution is -0.147. The highest BCUT2D eigenvalue weighted by molar-refractivity contribution is 5.88. The molecule has 0 aliphatic heterocycles. The summed E-state index contributed by atoms with van der Waals surface area (Å²) < 4.78 is 0. The molecule has 7 nitrogen and oxygen atoms in total. The molecule has 0 spiro atoms. The highest BCUT2D eigenvalue weighted by Gasteiger charge is 2.34. The van der Waals surface area contributed by atoms with Gasteiger partial charge in [-0.2, -0.15) is 0 Å². The van der Waals surface area contributed by atoms with Crippen molar-refractivity contribution in [1.29, 1.82) is 0 Å². The van der Waals surface area contributed by atoms with Crippen molar-refractivity contribution < 1.29 is 19.6 Å². The van der Waals surface area contributed by atoms with Crippen LogP contribution in [-0.2, 0) is 14.4 Å². The molecule has 1 aromatic carbocycles. The zero-order chi connectivity index (χ0) is 22.7. The topological polar surface area (TPSA) is 98.7 Å². The van der Waals surface area contributed by atoms with Gasteiger partial charge in [0.15, 0.2) is 0 Å². The van der Waals surface area contributed by atoms with Gasteiger partial charge >= 0.3 is 0 Å². The van der Waals surface area contributed by atoms with Gasteiger partial charge < -0.3 is 0 Å². The summed E-state index contributed by atoms with van der Waals surface area (Å²) in [6, 6.07) is 9.62. The molecule has 30 heavy (non-hydrogen) atoms. The number of allylic oxidation sites excluding steroid dienone is 1. The van der Waals surface area contributed by atoms with Gasteiger partial charge in [-0.1, -0.05) is 70.2 Å². The summed E-state index contributed by atoms with van der Waals surface area (Å²) >= 11 is 0. The van der Waals surface area contributed by atoms with E-state index in [1.54, 1.807) is 5.48 Å². The van der Waals surface area contributed by atoms with Gasteiger partial charge in [0.25, 0.3) is 0 Å². The first kappa shape index (κ1) is 25.4. The third-order valence-corrected chi connectivity index (χ3v) is 4.67. The molecule has 7 heteroatoms. The largest absolute Gasteiger partial charge is 0.289 e. The number of hydrazine groups is 1. The number of rotatable bonds is 10. The molecule has 0 radical (unpaired) electrons. The predicted molar refractivity (Wildman–Crippen MR) is 117 cm³/mol. The number of carbonyl (C=O) groups is 3. The van der Waals surface area contributed by atoms with Gasteiger partial charge in [-0.25, -0.2) is 5.48 Å². The van der Waals surface area contributed by atoms with Crippen LogP contribution in [0.1, 0.15) is 53.0 Å². The highest BCUT2D eigenvalue weighted by atomic mass is 16.5. The van der Waals surface area contributed by atoms with Crippen molar-refractivity contribution in [2.75, 3.05) is 6.54 Å². The Morgan fingerprint density at radius 3 is 2.13 bits per heavy atom. The maximum Gasteiger partial charge on any atom is 0.247 e. The molecule has 2 atom stereocenters. The van der Waals surface area contributed by atoms with Crippen molar-refractivity contribution in [3.05, 3.63) is 42.0 Å². The fraction of sp³-hybridized carbons (Fsp3) is 0.522. The minimum Gasteiger partial charge on any atom is -0.289 e. The fourth-order valence-electron chi connectivity index (χ4n) is 3.25. The molecule has 0 aromatic heterocycles. The number of nitrogens with one attached hydrogen (secondary N) is 2. The van der Waals surface area contributed by atoms with E-state index < -0.39 is 23.7 Å². The van der Waals surface area contributed by atoms with E-state index in [1.807, 2.05) is 70.2 Å². The summed E-state index contributed by atoms with van der Waals surface area (Å²) in [6.45, 7) is 9.59. The molecular weight excluding hydrogens is 382 g/mol. The lowest BCUT2D eigenvalue weighted by Gasteiger charge is -2.30. The number of hydrogen-bond donors (Lipinski definition) is 3. The summed E-state index contributed by atoms with van der Waals surface area (Å²) in [7, 11) is 0. The van der Waals surface area contributed by atoms with Crippen LogP contribution in [0, 0.1) is 23.7 Å². The summed E-state index contributed by atoms with van der Waals surface area (Å²) in [5, 5.41) is 10.5. The van der Waals surface area contributed by atoms with Crippen LogP contribution in [0.5, 0.6) is 0 Å². The predicted octanol–water partition coefficient (Wildman–Crippen LogP) is 3.41. The van der Waals surface area contributed by atoms with Crippen molar-refractivity contribution in [3.63, 3.8) is 0 Å². The van der Waals surface area contributed by atoms with E-state index in [9.17, 15) is 19.6 Å². The normalized spacial score (nSPS) is 13.3. The van der Waals surface area contributed by atoms with E-state index >= 15 is 0 Å². The molecule has 0 bridgehead atoms. The van der Waals surface area contributed by atoms with Crippen molar-refractivity contribution in [1.82, 2.24) is 15.9 Å². The summed E-state index contributed by atoms with van der Waals surface area (Å²) in [6.07, 6.45) is 4.42. The van der Waals surface area contributed by atoms with Crippen LogP contribution >= 0.6 is 0 Å². The Kier molecular flexibility index (Phi) is 10.8. The Morgan fingerprint density at radius 2 is 1.63 bits per heavy atom. The Morgan fingerprint density at radius 1 is 1.00 bits per heavy atom. The molecule has 0 heterocycles. The number of benzene rings is 1. The number of amides is 3. The number of carbonyl (C=O) groups excluding carboxylic acids is 3. The first-order valence-corrected chi connectivity index (χ1v) is 10.4. The Balaban J connectivity index is 3.07. The second kappa shape index (κ2) is 12.8. The minimum atomic E-state index is -0.773. The second-order valence-corrected chi connectivity index (χ2v) is 8.37. The van der Waals surface area contributed by atoms with Crippen LogP contribution < -0.4 is 10.9 Å². The van der Waals surface area contributed by atoms with Gasteiger partial charge in [0, 0.05) is 13.5 Å². The van der Waals surface area contributed by atoms with Crippen molar-refractivity contribution >= 4 is 23.8 Å². The molecule has 0 saturated heterocycles. The summed E-state index contributed by atoms with van der Waals surface area (Å²) in [5.41, 5.74) is 5.35. The number of nitrogens with zero attached hydrogens (tertiary/aromatic N) is 1. The van der Waals surface area contributed by atoms with Crippen molar-refractivity contribution in [2.45, 2.75) is 47.5 Å². The molecule has 0 fully saturated rings. The third-order valence-electron chi connectivity index (χ3n) is 4.67. The van der Waals surface area contributed by atoms with E-state index in [2.05, 4.69) is 5.43 Å². The Labute approximate surface area is 179 Å². The van der Waals surface area contributed by atoms with Crippen LogP contribution in [0.3, 0.4) is 0 Å². The average molecular weight is 418 g/mol. The van der Waals surface area contributed by atoms with Gasteiger partial charge in [-0.15, -0.1) is 0 Å². The SMILES string of the molecule is CC(=O)N(CC(C)C)NC(=O)[C@H](CC(C)C)[C@H](CC=Cc1ccccc1)C(=O)NO. The van der Waals surface area contributed by atoms with Crippen LogP contribution in [0.4, 0.5) is 0 Å². The molecule has 166 valence electrons. The molecule has 0 aliphatic rings. The molecule has 1 rings (SSSR count). The summed E-state index contributed by atoms with van der Waals surface area (Å²) in [5.74, 6) is -2.45. The van der Waals surface area contributed by atoms with Crippen LogP contribution in [-0.4, -0.2) is 34.5 Å². The number of hydroxylamine groups is 1. The van der Waals surface area contributed by atoms with Gasteiger partial charge in [0.05, 0.1) is 11.8 Å². The molecular formula is C23H35N3O4. The van der Waals surface area contributed by atoms with Gasteiger partial charge in [-0.05, 0) is 30.2 Å².